The number of nitrogens with zero attached hydrogens (tertiary/aromatic N) is 1. The molecule has 1 aliphatic rings. The largest absolute Gasteiger partial charge is 0.491 e. The van der Waals surface area contributed by atoms with Crippen molar-refractivity contribution in [2.24, 2.45) is 0 Å². The predicted molar refractivity (Wildman–Crippen MR) is 123 cm³/mol. The summed E-state index contributed by atoms with van der Waals surface area (Å²) in [5, 5.41) is 0. The van der Waals surface area contributed by atoms with Gasteiger partial charge in [-0.2, -0.15) is 0 Å². The van der Waals surface area contributed by atoms with Gasteiger partial charge in [-0.1, -0.05) is 29.8 Å². The summed E-state index contributed by atoms with van der Waals surface area (Å²) in [4.78, 5) is 28.4. The lowest BCUT2D eigenvalue weighted by molar-refractivity contribution is -0.119. The monoisotopic (exact) mass is 433 g/mol. The van der Waals surface area contributed by atoms with Crippen LogP contribution in [0.2, 0.25) is 0 Å². The molecule has 2 heterocycles. The molecule has 2 amide bonds. The number of hydrogen-bond donors (Lipinski definition) is 0. The SMILES string of the molecule is Cc1ccc(C2=C(SCc3ccco3)C(=O)N(c3ccc(OC(C)C)cc3)C2=O)cc1. The summed E-state index contributed by atoms with van der Waals surface area (Å²) in [5.74, 6) is 1.25. The number of imide groups is 1. The van der Waals surface area contributed by atoms with E-state index in [1.807, 2.05) is 51.1 Å². The average molecular weight is 434 g/mol. The molecule has 0 atom stereocenters. The van der Waals surface area contributed by atoms with Crippen molar-refractivity contribution in [1.29, 1.82) is 0 Å². The highest BCUT2D eigenvalue weighted by atomic mass is 32.2. The van der Waals surface area contributed by atoms with Crippen molar-refractivity contribution >= 4 is 34.8 Å². The normalized spacial score (nSPS) is 14.1. The van der Waals surface area contributed by atoms with E-state index < -0.39 is 0 Å². The van der Waals surface area contributed by atoms with E-state index in [0.29, 0.717) is 27.7 Å². The molecule has 158 valence electrons. The number of thioether (sulfide) groups is 1. The van der Waals surface area contributed by atoms with Crippen LogP contribution in [0.4, 0.5) is 5.69 Å². The summed E-state index contributed by atoms with van der Waals surface area (Å²) >= 11 is 1.32. The quantitative estimate of drug-likeness (QED) is 0.454. The lowest BCUT2D eigenvalue weighted by Crippen LogP contribution is -2.31. The number of carbonyl (C=O) groups is 2. The molecule has 0 fully saturated rings. The minimum atomic E-state index is -0.326. The van der Waals surface area contributed by atoms with Gasteiger partial charge in [-0.25, -0.2) is 4.90 Å². The molecule has 0 saturated carbocycles. The molecule has 31 heavy (non-hydrogen) atoms. The van der Waals surface area contributed by atoms with E-state index in [2.05, 4.69) is 0 Å². The van der Waals surface area contributed by atoms with Crippen LogP contribution in [0, 0.1) is 6.92 Å². The zero-order valence-corrected chi connectivity index (χ0v) is 18.4. The number of anilines is 1. The molecule has 0 spiro atoms. The Kier molecular flexibility index (Phi) is 6.00. The van der Waals surface area contributed by atoms with Crippen LogP contribution in [0.15, 0.2) is 76.2 Å². The van der Waals surface area contributed by atoms with Crippen molar-refractivity contribution in [2.75, 3.05) is 4.90 Å². The first-order valence-corrected chi connectivity index (χ1v) is 11.0. The third kappa shape index (κ3) is 4.44. The molecule has 3 aromatic rings. The molecule has 1 aromatic heterocycles. The Balaban J connectivity index is 1.68. The second kappa shape index (κ2) is 8.86. The molecular weight excluding hydrogens is 410 g/mol. The van der Waals surface area contributed by atoms with Crippen molar-refractivity contribution in [3.63, 3.8) is 0 Å². The third-order valence-corrected chi connectivity index (χ3v) is 5.88. The zero-order valence-electron chi connectivity index (χ0n) is 17.6. The van der Waals surface area contributed by atoms with E-state index in [-0.39, 0.29) is 17.9 Å². The van der Waals surface area contributed by atoms with Crippen LogP contribution in [0.25, 0.3) is 5.57 Å². The highest BCUT2D eigenvalue weighted by Gasteiger charge is 2.40. The molecule has 0 saturated heterocycles. The maximum Gasteiger partial charge on any atom is 0.272 e. The summed E-state index contributed by atoms with van der Waals surface area (Å²) in [5.41, 5.74) is 2.75. The number of furan rings is 1. The number of ether oxygens (including phenoxy) is 1. The number of rotatable bonds is 7. The van der Waals surface area contributed by atoms with E-state index in [1.54, 1.807) is 36.6 Å². The molecule has 0 aliphatic carbocycles. The van der Waals surface area contributed by atoms with Gasteiger partial charge >= 0.3 is 0 Å². The van der Waals surface area contributed by atoms with Crippen LogP contribution in [-0.4, -0.2) is 17.9 Å². The molecule has 0 N–H and O–H groups in total. The molecular formula is C25H23NO4S. The fourth-order valence-electron chi connectivity index (χ4n) is 3.34. The molecule has 0 radical (unpaired) electrons. The average Bonchev–Trinajstić information content (AvgIpc) is 3.34. The minimum absolute atomic E-state index is 0.0420. The second-order valence-corrected chi connectivity index (χ2v) is 8.53. The first-order valence-electron chi connectivity index (χ1n) is 10.1. The van der Waals surface area contributed by atoms with Gasteiger partial charge in [0.15, 0.2) is 0 Å². The summed E-state index contributed by atoms with van der Waals surface area (Å²) < 4.78 is 11.1. The van der Waals surface area contributed by atoms with Crippen LogP contribution in [0.1, 0.15) is 30.7 Å². The molecule has 0 unspecified atom stereocenters. The Morgan fingerprint density at radius 2 is 1.68 bits per heavy atom. The van der Waals surface area contributed by atoms with Gasteiger partial charge < -0.3 is 9.15 Å². The lowest BCUT2D eigenvalue weighted by atomic mass is 10.0. The summed E-state index contributed by atoms with van der Waals surface area (Å²) in [6.07, 6.45) is 1.64. The zero-order chi connectivity index (χ0) is 22.0. The fourth-order valence-corrected chi connectivity index (χ4v) is 4.35. The third-order valence-electron chi connectivity index (χ3n) is 4.79. The summed E-state index contributed by atoms with van der Waals surface area (Å²) in [6, 6.07) is 18.3. The Bertz CT molecular complexity index is 1110. The van der Waals surface area contributed by atoms with Crippen LogP contribution in [0.5, 0.6) is 5.75 Å². The molecule has 1 aliphatic heterocycles. The molecule has 6 heteroatoms. The first-order chi connectivity index (χ1) is 14.9. The van der Waals surface area contributed by atoms with Gasteiger partial charge in [-0.05, 0) is 62.7 Å². The Morgan fingerprint density at radius 1 is 0.968 bits per heavy atom. The first kappa shape index (κ1) is 21.0. The number of hydrogen-bond acceptors (Lipinski definition) is 5. The van der Waals surface area contributed by atoms with Gasteiger partial charge in [0.2, 0.25) is 0 Å². The van der Waals surface area contributed by atoms with Crippen molar-refractivity contribution in [2.45, 2.75) is 32.6 Å². The van der Waals surface area contributed by atoms with E-state index in [4.69, 9.17) is 9.15 Å². The van der Waals surface area contributed by atoms with Gasteiger partial charge in [0.05, 0.1) is 34.3 Å². The number of amides is 2. The molecule has 5 nitrogen and oxygen atoms in total. The Morgan fingerprint density at radius 3 is 2.29 bits per heavy atom. The number of carbonyl (C=O) groups excluding carboxylic acids is 2. The van der Waals surface area contributed by atoms with Crippen LogP contribution in [-0.2, 0) is 15.3 Å². The smallest absolute Gasteiger partial charge is 0.272 e. The summed E-state index contributed by atoms with van der Waals surface area (Å²) in [7, 11) is 0. The standard InChI is InChI=1S/C25H23NO4S/c1-16(2)30-20-12-10-19(11-13-20)26-24(27)22(18-8-6-17(3)7-9-18)23(25(26)28)31-15-21-5-4-14-29-21/h4-14,16H,15H2,1-3H3. The molecule has 2 aromatic carbocycles. The van der Waals surface area contributed by atoms with Gasteiger partial charge in [0, 0.05) is 0 Å². The highest BCUT2D eigenvalue weighted by molar-refractivity contribution is 8.03. The van der Waals surface area contributed by atoms with Gasteiger partial charge in [-0.3, -0.25) is 9.59 Å². The maximum absolute atomic E-state index is 13.4. The fraction of sp³-hybridized carbons (Fsp3) is 0.200. The Hall–Kier alpha value is -3.25. The summed E-state index contributed by atoms with van der Waals surface area (Å²) in [6.45, 7) is 5.88. The predicted octanol–water partition coefficient (Wildman–Crippen LogP) is 5.59. The number of aryl methyl sites for hydroxylation is 1. The van der Waals surface area contributed by atoms with Gasteiger partial charge in [-0.15, -0.1) is 11.8 Å². The van der Waals surface area contributed by atoms with Crippen molar-refractivity contribution in [3.05, 3.63) is 88.7 Å². The van der Waals surface area contributed by atoms with Crippen molar-refractivity contribution in [3.8, 4) is 5.75 Å². The van der Waals surface area contributed by atoms with Crippen molar-refractivity contribution in [1.82, 2.24) is 0 Å². The van der Waals surface area contributed by atoms with E-state index >= 15 is 0 Å². The van der Waals surface area contributed by atoms with Crippen molar-refractivity contribution < 1.29 is 18.7 Å². The maximum atomic E-state index is 13.4. The van der Waals surface area contributed by atoms with Crippen LogP contribution >= 0.6 is 11.8 Å². The topological polar surface area (TPSA) is 59.8 Å². The van der Waals surface area contributed by atoms with E-state index in [1.165, 1.54) is 16.7 Å². The van der Waals surface area contributed by atoms with E-state index in [0.717, 1.165) is 16.9 Å². The second-order valence-electron chi connectivity index (χ2n) is 7.54. The minimum Gasteiger partial charge on any atom is -0.491 e. The van der Waals surface area contributed by atoms with Gasteiger partial charge in [0.25, 0.3) is 11.8 Å². The highest BCUT2D eigenvalue weighted by Crippen LogP contribution is 2.40. The number of benzene rings is 2. The van der Waals surface area contributed by atoms with Crippen LogP contribution < -0.4 is 9.64 Å². The lowest BCUT2D eigenvalue weighted by Gasteiger charge is -2.16. The molecule has 0 bridgehead atoms. The van der Waals surface area contributed by atoms with Crippen LogP contribution in [0.3, 0.4) is 0 Å². The Labute approximate surface area is 185 Å². The molecule has 4 rings (SSSR count). The van der Waals surface area contributed by atoms with E-state index in [9.17, 15) is 9.59 Å². The van der Waals surface area contributed by atoms with Gasteiger partial charge in [0.1, 0.15) is 11.5 Å².